The van der Waals surface area contributed by atoms with Gasteiger partial charge in [-0.05, 0) is 32.2 Å². The molecule has 19 heavy (non-hydrogen) atoms. The van der Waals surface area contributed by atoms with E-state index < -0.39 is 0 Å². The highest BCUT2D eigenvalue weighted by Crippen LogP contribution is 2.37. The van der Waals surface area contributed by atoms with Gasteiger partial charge in [0, 0.05) is 25.0 Å². The number of rotatable bonds is 1. The van der Waals surface area contributed by atoms with Gasteiger partial charge >= 0.3 is 0 Å². The molecule has 3 rings (SSSR count). The van der Waals surface area contributed by atoms with Crippen molar-refractivity contribution in [1.82, 2.24) is 15.3 Å². The second-order valence-electron chi connectivity index (χ2n) is 5.77. The van der Waals surface area contributed by atoms with E-state index in [0.717, 1.165) is 32.6 Å². The maximum atomic E-state index is 11.6. The zero-order valence-corrected chi connectivity index (χ0v) is 11.1. The number of piperidine rings is 2. The van der Waals surface area contributed by atoms with Crippen molar-refractivity contribution in [1.29, 1.82) is 0 Å². The highest BCUT2D eigenvalue weighted by atomic mass is 16.1. The van der Waals surface area contributed by atoms with Gasteiger partial charge in [0.25, 0.3) is 5.56 Å². The van der Waals surface area contributed by atoms with Crippen molar-refractivity contribution in [2.24, 2.45) is 5.41 Å². The Morgan fingerprint density at radius 2 is 2.21 bits per heavy atom. The molecule has 3 heterocycles. The van der Waals surface area contributed by atoms with Crippen LogP contribution in [0.25, 0.3) is 0 Å². The summed E-state index contributed by atoms with van der Waals surface area (Å²) in [4.78, 5) is 20.6. The molecule has 0 radical (unpaired) electrons. The van der Waals surface area contributed by atoms with Gasteiger partial charge < -0.3 is 20.9 Å². The molecule has 1 spiro atoms. The minimum atomic E-state index is -0.244. The minimum absolute atomic E-state index is 0.239. The van der Waals surface area contributed by atoms with Gasteiger partial charge in [-0.25, -0.2) is 4.98 Å². The standard InChI is InChI=1S/C13H21N5O/c14-10-11(16-9-17-12(10)19)18-6-2-4-13(8-18)3-1-5-15-7-13/h9,15H,1-8,14H2,(H,16,17,19). The molecule has 1 aromatic heterocycles. The Morgan fingerprint density at radius 3 is 3.00 bits per heavy atom. The molecule has 1 aromatic rings. The van der Waals surface area contributed by atoms with E-state index in [1.165, 1.54) is 25.6 Å². The van der Waals surface area contributed by atoms with E-state index >= 15 is 0 Å². The zero-order valence-electron chi connectivity index (χ0n) is 11.1. The van der Waals surface area contributed by atoms with Crippen LogP contribution in [0.2, 0.25) is 0 Å². The molecule has 0 aliphatic carbocycles. The lowest BCUT2D eigenvalue weighted by Gasteiger charge is -2.45. The monoisotopic (exact) mass is 263 g/mol. The second kappa shape index (κ2) is 4.85. The van der Waals surface area contributed by atoms with E-state index in [2.05, 4.69) is 20.2 Å². The van der Waals surface area contributed by atoms with Gasteiger partial charge in [-0.3, -0.25) is 4.79 Å². The van der Waals surface area contributed by atoms with Gasteiger partial charge in [0.15, 0.2) is 5.82 Å². The van der Waals surface area contributed by atoms with Gasteiger partial charge in [0.05, 0.1) is 6.33 Å². The van der Waals surface area contributed by atoms with Crippen LogP contribution in [-0.4, -0.2) is 36.1 Å². The fourth-order valence-corrected chi connectivity index (χ4v) is 3.42. The Labute approximate surface area is 112 Å². The Balaban J connectivity index is 1.85. The highest BCUT2D eigenvalue weighted by molar-refractivity contribution is 5.61. The van der Waals surface area contributed by atoms with Crippen LogP contribution in [0.15, 0.2) is 11.1 Å². The van der Waals surface area contributed by atoms with Crippen molar-refractivity contribution >= 4 is 11.5 Å². The van der Waals surface area contributed by atoms with Gasteiger partial charge in [-0.1, -0.05) is 0 Å². The number of hydrogen-bond acceptors (Lipinski definition) is 5. The van der Waals surface area contributed by atoms with Crippen LogP contribution in [0.4, 0.5) is 11.5 Å². The van der Waals surface area contributed by atoms with Crippen LogP contribution in [-0.2, 0) is 0 Å². The first-order chi connectivity index (χ1) is 9.20. The summed E-state index contributed by atoms with van der Waals surface area (Å²) in [5.74, 6) is 0.647. The van der Waals surface area contributed by atoms with E-state index in [0.29, 0.717) is 11.2 Å². The molecular weight excluding hydrogens is 242 g/mol. The zero-order chi connectivity index (χ0) is 13.3. The normalized spacial score (nSPS) is 27.7. The molecule has 1 atom stereocenters. The lowest BCUT2D eigenvalue weighted by Crippen LogP contribution is -2.51. The molecule has 104 valence electrons. The predicted octanol–water partition coefficient (Wildman–Crippen LogP) is 0.322. The number of aromatic nitrogens is 2. The Kier molecular flexibility index (Phi) is 3.18. The summed E-state index contributed by atoms with van der Waals surface area (Å²) in [6.45, 7) is 4.06. The van der Waals surface area contributed by atoms with E-state index in [9.17, 15) is 4.79 Å². The smallest absolute Gasteiger partial charge is 0.276 e. The quantitative estimate of drug-likeness (QED) is 0.679. The third-order valence-corrected chi connectivity index (χ3v) is 4.39. The summed E-state index contributed by atoms with van der Waals surface area (Å²) < 4.78 is 0. The van der Waals surface area contributed by atoms with Crippen molar-refractivity contribution in [3.8, 4) is 0 Å². The SMILES string of the molecule is Nc1c(N2CCCC3(CCCNC3)C2)nc[nH]c1=O. The van der Waals surface area contributed by atoms with Crippen molar-refractivity contribution in [2.45, 2.75) is 25.7 Å². The molecule has 2 aliphatic heterocycles. The number of anilines is 2. The number of nitrogen functional groups attached to an aromatic ring is 1. The third kappa shape index (κ3) is 2.32. The van der Waals surface area contributed by atoms with Crippen molar-refractivity contribution in [3.63, 3.8) is 0 Å². The number of hydrogen-bond donors (Lipinski definition) is 3. The summed E-state index contributed by atoms with van der Waals surface area (Å²) in [5, 5.41) is 3.50. The first kappa shape index (κ1) is 12.5. The molecular formula is C13H21N5O. The molecule has 2 aliphatic rings. The molecule has 0 amide bonds. The van der Waals surface area contributed by atoms with Crippen LogP contribution >= 0.6 is 0 Å². The van der Waals surface area contributed by atoms with Crippen LogP contribution in [0, 0.1) is 5.41 Å². The van der Waals surface area contributed by atoms with Gasteiger partial charge in [0.1, 0.15) is 5.69 Å². The average Bonchev–Trinajstić information content (AvgIpc) is 2.43. The molecule has 6 heteroatoms. The Bertz CT molecular complexity index is 500. The fourth-order valence-electron chi connectivity index (χ4n) is 3.42. The summed E-state index contributed by atoms with van der Waals surface area (Å²) in [6, 6.07) is 0. The number of H-pyrrole nitrogens is 1. The van der Waals surface area contributed by atoms with Crippen LogP contribution in [0.5, 0.6) is 0 Å². The Morgan fingerprint density at radius 1 is 1.37 bits per heavy atom. The Hall–Kier alpha value is -1.56. The molecule has 0 saturated carbocycles. The number of nitrogens with zero attached hydrogens (tertiary/aromatic N) is 2. The maximum absolute atomic E-state index is 11.6. The molecule has 1 unspecified atom stereocenters. The molecule has 4 N–H and O–H groups in total. The first-order valence-corrected chi connectivity index (χ1v) is 6.99. The molecule has 2 fully saturated rings. The summed E-state index contributed by atoms with van der Waals surface area (Å²) in [6.07, 6.45) is 6.30. The van der Waals surface area contributed by atoms with E-state index in [1.807, 2.05) is 0 Å². The van der Waals surface area contributed by atoms with Crippen molar-refractivity contribution in [3.05, 3.63) is 16.7 Å². The van der Waals surface area contributed by atoms with Crippen molar-refractivity contribution < 1.29 is 0 Å². The van der Waals surface area contributed by atoms with Gasteiger partial charge in [-0.15, -0.1) is 0 Å². The molecule has 2 saturated heterocycles. The van der Waals surface area contributed by atoms with Crippen LogP contribution < -0.4 is 21.5 Å². The topological polar surface area (TPSA) is 87.0 Å². The third-order valence-electron chi connectivity index (χ3n) is 4.39. The van der Waals surface area contributed by atoms with E-state index in [-0.39, 0.29) is 11.2 Å². The summed E-state index contributed by atoms with van der Waals surface area (Å²) >= 11 is 0. The lowest BCUT2D eigenvalue weighted by molar-refractivity contribution is 0.173. The lowest BCUT2D eigenvalue weighted by atomic mass is 9.74. The molecule has 6 nitrogen and oxygen atoms in total. The average molecular weight is 263 g/mol. The highest BCUT2D eigenvalue weighted by Gasteiger charge is 2.37. The van der Waals surface area contributed by atoms with Crippen LogP contribution in [0.3, 0.4) is 0 Å². The summed E-state index contributed by atoms with van der Waals surface area (Å²) in [7, 11) is 0. The molecule has 0 aromatic carbocycles. The van der Waals surface area contributed by atoms with E-state index in [4.69, 9.17) is 5.73 Å². The number of nitrogens with one attached hydrogen (secondary N) is 2. The summed E-state index contributed by atoms with van der Waals surface area (Å²) in [5.41, 5.74) is 6.19. The van der Waals surface area contributed by atoms with Crippen LogP contribution in [0.1, 0.15) is 25.7 Å². The van der Waals surface area contributed by atoms with E-state index in [1.54, 1.807) is 0 Å². The minimum Gasteiger partial charge on any atom is -0.391 e. The first-order valence-electron chi connectivity index (χ1n) is 6.99. The molecule has 0 bridgehead atoms. The second-order valence-corrected chi connectivity index (χ2v) is 5.77. The van der Waals surface area contributed by atoms with Gasteiger partial charge in [0.2, 0.25) is 0 Å². The van der Waals surface area contributed by atoms with Crippen molar-refractivity contribution in [2.75, 3.05) is 36.8 Å². The fraction of sp³-hybridized carbons (Fsp3) is 0.692. The number of nitrogens with two attached hydrogens (primary N) is 1. The predicted molar refractivity (Wildman–Crippen MR) is 75.3 cm³/mol. The number of aromatic amines is 1. The largest absolute Gasteiger partial charge is 0.391 e. The van der Waals surface area contributed by atoms with Gasteiger partial charge in [-0.2, -0.15) is 0 Å². The maximum Gasteiger partial charge on any atom is 0.276 e.